The maximum Gasteiger partial charge on any atom is 0.260 e. The smallest absolute Gasteiger partial charge is 0.260 e. The minimum atomic E-state index is -3.67. The fraction of sp³-hybridized carbons (Fsp3) is 0.286. The third-order valence-corrected chi connectivity index (χ3v) is 5.56. The minimum absolute atomic E-state index is 0.192. The lowest BCUT2D eigenvalue weighted by molar-refractivity contribution is -0.119. The molecule has 8 nitrogen and oxygen atoms in total. The number of nitrogens with zero attached hydrogens (tertiary/aromatic N) is 2. The summed E-state index contributed by atoms with van der Waals surface area (Å²) in [6, 6.07) is 12.2. The molecule has 0 atom stereocenters. The van der Waals surface area contributed by atoms with E-state index in [0.717, 1.165) is 21.7 Å². The van der Waals surface area contributed by atoms with Gasteiger partial charge in [0.15, 0.2) is 0 Å². The molecule has 160 valence electrons. The first-order valence-corrected chi connectivity index (χ1v) is 11.1. The monoisotopic (exact) mass is 430 g/mol. The average Bonchev–Trinajstić information content (AvgIpc) is 2.65. The minimum Gasteiger partial charge on any atom is -0.326 e. The number of benzene rings is 2. The van der Waals surface area contributed by atoms with Crippen molar-refractivity contribution in [1.29, 1.82) is 0 Å². The molecule has 2 amide bonds. The van der Waals surface area contributed by atoms with Crippen molar-refractivity contribution in [3.05, 3.63) is 59.2 Å². The predicted molar refractivity (Wildman–Crippen MR) is 119 cm³/mol. The van der Waals surface area contributed by atoms with Gasteiger partial charge in [0.1, 0.15) is 6.54 Å². The molecule has 0 spiro atoms. The van der Waals surface area contributed by atoms with E-state index in [1.54, 1.807) is 43.3 Å². The van der Waals surface area contributed by atoms with Crippen molar-refractivity contribution in [3.63, 3.8) is 0 Å². The number of carbonyl (C=O) groups excluding carboxylic acids is 2. The van der Waals surface area contributed by atoms with Gasteiger partial charge in [-0.1, -0.05) is 18.2 Å². The molecule has 2 N–H and O–H groups in total. The van der Waals surface area contributed by atoms with Gasteiger partial charge < -0.3 is 5.32 Å². The van der Waals surface area contributed by atoms with Gasteiger partial charge in [0.25, 0.3) is 5.91 Å². The van der Waals surface area contributed by atoms with Crippen LogP contribution in [0.25, 0.3) is 0 Å². The van der Waals surface area contributed by atoms with E-state index in [2.05, 4.69) is 15.8 Å². The summed E-state index contributed by atoms with van der Waals surface area (Å²) in [7, 11) is -3.67. The molecule has 30 heavy (non-hydrogen) atoms. The molecular formula is C21H26N4O4S. The zero-order valence-corrected chi connectivity index (χ0v) is 18.5. The van der Waals surface area contributed by atoms with Crippen LogP contribution in [0.5, 0.6) is 0 Å². The Morgan fingerprint density at radius 1 is 1.03 bits per heavy atom. The number of rotatable bonds is 7. The number of hydrogen-bond acceptors (Lipinski definition) is 5. The van der Waals surface area contributed by atoms with Crippen LogP contribution in [0.2, 0.25) is 0 Å². The van der Waals surface area contributed by atoms with Crippen LogP contribution in [0.15, 0.2) is 47.6 Å². The Hall–Kier alpha value is -3.20. The lowest BCUT2D eigenvalue weighted by atomic mass is 10.1. The van der Waals surface area contributed by atoms with E-state index in [1.165, 1.54) is 6.92 Å². The van der Waals surface area contributed by atoms with Crippen LogP contribution in [0.1, 0.15) is 30.5 Å². The molecule has 0 heterocycles. The Morgan fingerprint density at radius 2 is 1.73 bits per heavy atom. The first kappa shape index (κ1) is 23.1. The Labute approximate surface area is 177 Å². The largest absolute Gasteiger partial charge is 0.326 e. The van der Waals surface area contributed by atoms with E-state index in [4.69, 9.17) is 0 Å². The summed E-state index contributed by atoms with van der Waals surface area (Å²) < 4.78 is 25.5. The third-order valence-electron chi connectivity index (χ3n) is 4.42. The molecule has 0 saturated heterocycles. The van der Waals surface area contributed by atoms with Crippen LogP contribution in [-0.4, -0.2) is 38.7 Å². The standard InChI is InChI=1S/C21H26N4O4S/c1-14-9-10-20(11-15(14)2)25(30(5,28)29)13-21(27)24-23-16(3)18-7-6-8-19(12-18)22-17(4)26/h6-12H,13H2,1-5H3,(H,22,26)(H,24,27)/b23-16-. The van der Waals surface area contributed by atoms with Gasteiger partial charge in [0.2, 0.25) is 15.9 Å². The van der Waals surface area contributed by atoms with E-state index in [9.17, 15) is 18.0 Å². The lowest BCUT2D eigenvalue weighted by Gasteiger charge is -2.22. The highest BCUT2D eigenvalue weighted by Crippen LogP contribution is 2.21. The average molecular weight is 431 g/mol. The third kappa shape index (κ3) is 6.41. The number of anilines is 2. The normalized spacial score (nSPS) is 11.7. The van der Waals surface area contributed by atoms with Crippen molar-refractivity contribution in [1.82, 2.24) is 5.43 Å². The molecule has 0 bridgehead atoms. The molecule has 2 rings (SSSR count). The van der Waals surface area contributed by atoms with Gasteiger partial charge in [0.05, 0.1) is 17.7 Å². The molecule has 0 saturated carbocycles. The van der Waals surface area contributed by atoms with Crippen molar-refractivity contribution < 1.29 is 18.0 Å². The highest BCUT2D eigenvalue weighted by Gasteiger charge is 2.21. The summed E-state index contributed by atoms with van der Waals surface area (Å²) in [5.74, 6) is -0.765. The summed E-state index contributed by atoms with van der Waals surface area (Å²) in [6.07, 6.45) is 1.05. The number of hydrogen-bond donors (Lipinski definition) is 2. The molecule has 0 radical (unpaired) electrons. The van der Waals surface area contributed by atoms with Crippen LogP contribution in [-0.2, 0) is 19.6 Å². The second kappa shape index (κ2) is 9.53. The SMILES string of the molecule is CC(=O)Nc1cccc(/C(C)=N\NC(=O)CN(c2ccc(C)c(C)c2)S(C)(=O)=O)c1. The lowest BCUT2D eigenvalue weighted by Crippen LogP contribution is -2.39. The maximum absolute atomic E-state index is 12.4. The fourth-order valence-corrected chi connectivity index (χ4v) is 3.53. The van der Waals surface area contributed by atoms with Gasteiger partial charge in [-0.05, 0) is 61.7 Å². The first-order chi connectivity index (χ1) is 14.0. The molecule has 0 unspecified atom stereocenters. The van der Waals surface area contributed by atoms with Crippen LogP contribution < -0.4 is 15.0 Å². The number of aryl methyl sites for hydroxylation is 2. The molecule has 2 aromatic carbocycles. The molecule has 0 aliphatic heterocycles. The van der Waals surface area contributed by atoms with Gasteiger partial charge in [0, 0.05) is 12.6 Å². The molecule has 0 aliphatic carbocycles. The predicted octanol–water partition coefficient (Wildman–Crippen LogP) is 2.57. The number of carbonyl (C=O) groups is 2. The molecule has 9 heteroatoms. The van der Waals surface area contributed by atoms with Gasteiger partial charge in [-0.25, -0.2) is 13.8 Å². The van der Waals surface area contributed by atoms with Crippen molar-refractivity contribution in [2.45, 2.75) is 27.7 Å². The first-order valence-electron chi connectivity index (χ1n) is 9.23. The van der Waals surface area contributed by atoms with Gasteiger partial charge >= 0.3 is 0 Å². The molecule has 0 aromatic heterocycles. The van der Waals surface area contributed by atoms with E-state index in [-0.39, 0.29) is 5.91 Å². The van der Waals surface area contributed by atoms with Crippen LogP contribution in [0, 0.1) is 13.8 Å². The van der Waals surface area contributed by atoms with Gasteiger partial charge in [-0.2, -0.15) is 5.10 Å². The van der Waals surface area contributed by atoms with Gasteiger partial charge in [-0.3, -0.25) is 13.9 Å². The molecular weight excluding hydrogens is 404 g/mol. The maximum atomic E-state index is 12.4. The number of amides is 2. The Morgan fingerprint density at radius 3 is 2.33 bits per heavy atom. The van der Waals surface area contributed by atoms with E-state index in [1.807, 2.05) is 19.9 Å². The number of sulfonamides is 1. The number of nitrogens with one attached hydrogen (secondary N) is 2. The zero-order valence-electron chi connectivity index (χ0n) is 17.7. The zero-order chi connectivity index (χ0) is 22.5. The second-order valence-corrected chi connectivity index (χ2v) is 8.94. The fourth-order valence-electron chi connectivity index (χ4n) is 2.68. The summed E-state index contributed by atoms with van der Waals surface area (Å²) in [5, 5.41) is 6.74. The summed E-state index contributed by atoms with van der Waals surface area (Å²) >= 11 is 0. The molecule has 0 aliphatic rings. The van der Waals surface area contributed by atoms with Crippen molar-refractivity contribution >= 4 is 38.9 Å². The van der Waals surface area contributed by atoms with Crippen LogP contribution >= 0.6 is 0 Å². The van der Waals surface area contributed by atoms with Crippen molar-refractivity contribution in [3.8, 4) is 0 Å². The topological polar surface area (TPSA) is 108 Å². The highest BCUT2D eigenvalue weighted by atomic mass is 32.2. The Kier molecular flexibility index (Phi) is 7.33. The molecule has 2 aromatic rings. The summed E-state index contributed by atoms with van der Waals surface area (Å²) in [5.41, 5.74) is 6.58. The van der Waals surface area contributed by atoms with Gasteiger partial charge in [-0.15, -0.1) is 0 Å². The van der Waals surface area contributed by atoms with E-state index >= 15 is 0 Å². The van der Waals surface area contributed by atoms with Crippen molar-refractivity contribution in [2.75, 3.05) is 22.4 Å². The second-order valence-electron chi connectivity index (χ2n) is 7.03. The summed E-state index contributed by atoms with van der Waals surface area (Å²) in [6.45, 7) is 6.52. The Balaban J connectivity index is 2.15. The van der Waals surface area contributed by atoms with Crippen LogP contribution in [0.4, 0.5) is 11.4 Å². The summed E-state index contributed by atoms with van der Waals surface area (Å²) in [4.78, 5) is 23.6. The van der Waals surface area contributed by atoms with Crippen molar-refractivity contribution in [2.24, 2.45) is 5.10 Å². The van der Waals surface area contributed by atoms with E-state index in [0.29, 0.717) is 22.6 Å². The highest BCUT2D eigenvalue weighted by molar-refractivity contribution is 7.92. The van der Waals surface area contributed by atoms with E-state index < -0.39 is 22.5 Å². The van der Waals surface area contributed by atoms with Crippen LogP contribution in [0.3, 0.4) is 0 Å². The quantitative estimate of drug-likeness (QED) is 0.520. The number of hydrazone groups is 1. The Bertz CT molecular complexity index is 1090. The molecule has 0 fully saturated rings.